The van der Waals surface area contributed by atoms with Crippen LogP contribution in [-0.4, -0.2) is 16.2 Å². The summed E-state index contributed by atoms with van der Waals surface area (Å²) in [5.41, 5.74) is 2.10. The molecule has 3 atom stereocenters. The summed E-state index contributed by atoms with van der Waals surface area (Å²) in [4.78, 5) is 12.2. The van der Waals surface area contributed by atoms with Crippen LogP contribution >= 0.6 is 0 Å². The summed E-state index contributed by atoms with van der Waals surface area (Å²) in [7, 11) is 0. The molecule has 0 bridgehead atoms. The van der Waals surface area contributed by atoms with Gasteiger partial charge in [-0.15, -0.1) is 0 Å². The molecule has 2 rings (SSSR count). The standard InChI is InChI=1S/C27H44O3/c1-5-7-10-14-20(3)24-18-22(26(29)30)19-27(25(24)28,21(4)15-11-8-6-2)23-16-12-9-13-17-23/h16,18,20-21,28H,5-15,17,19H2,1-4H3,(H,29,30). The summed E-state index contributed by atoms with van der Waals surface area (Å²) < 4.78 is 0. The minimum absolute atomic E-state index is 0.178. The highest BCUT2D eigenvalue weighted by Crippen LogP contribution is 2.55. The fourth-order valence-electron chi connectivity index (χ4n) is 5.50. The van der Waals surface area contributed by atoms with Gasteiger partial charge in [0.1, 0.15) is 5.76 Å². The SMILES string of the molecule is CCCCCC(C)C1=C(O)C(C2=CCCCC2)(C(C)CCCCC)CC(C(=O)O)=C1. The van der Waals surface area contributed by atoms with E-state index in [4.69, 9.17) is 0 Å². The van der Waals surface area contributed by atoms with E-state index in [1.165, 1.54) is 37.7 Å². The number of hydrogen-bond acceptors (Lipinski definition) is 2. The highest BCUT2D eigenvalue weighted by atomic mass is 16.4. The molecule has 3 unspecified atom stereocenters. The van der Waals surface area contributed by atoms with Crippen LogP contribution < -0.4 is 0 Å². The lowest BCUT2D eigenvalue weighted by molar-refractivity contribution is -0.133. The van der Waals surface area contributed by atoms with Gasteiger partial charge in [-0.05, 0) is 68.4 Å². The average Bonchev–Trinajstić information content (AvgIpc) is 2.74. The van der Waals surface area contributed by atoms with E-state index < -0.39 is 11.4 Å². The quantitative estimate of drug-likeness (QED) is 0.249. The highest BCUT2D eigenvalue weighted by molar-refractivity contribution is 5.88. The van der Waals surface area contributed by atoms with Crippen molar-refractivity contribution in [1.82, 2.24) is 0 Å². The lowest BCUT2D eigenvalue weighted by atomic mass is 9.59. The first-order chi connectivity index (χ1) is 14.4. The number of unbranched alkanes of at least 4 members (excludes halogenated alkanes) is 4. The van der Waals surface area contributed by atoms with Crippen molar-refractivity contribution < 1.29 is 15.0 Å². The van der Waals surface area contributed by atoms with Gasteiger partial charge in [-0.25, -0.2) is 4.79 Å². The lowest BCUT2D eigenvalue weighted by Gasteiger charge is -2.45. The zero-order chi connectivity index (χ0) is 22.1. The molecule has 3 heteroatoms. The van der Waals surface area contributed by atoms with Crippen LogP contribution in [0.15, 0.2) is 34.6 Å². The molecule has 0 aromatic heterocycles. The van der Waals surface area contributed by atoms with Gasteiger partial charge in [0.2, 0.25) is 0 Å². The van der Waals surface area contributed by atoms with Crippen LogP contribution in [0, 0.1) is 17.3 Å². The fraction of sp³-hybridized carbons (Fsp3) is 0.741. The Morgan fingerprint density at radius 3 is 2.30 bits per heavy atom. The van der Waals surface area contributed by atoms with Crippen LogP contribution in [0.2, 0.25) is 0 Å². The maximum atomic E-state index is 12.2. The fourth-order valence-corrected chi connectivity index (χ4v) is 5.50. The summed E-state index contributed by atoms with van der Waals surface area (Å²) in [5.74, 6) is 0.0582. The maximum Gasteiger partial charge on any atom is 0.331 e. The van der Waals surface area contributed by atoms with Crippen molar-refractivity contribution in [1.29, 1.82) is 0 Å². The minimum atomic E-state index is -0.831. The van der Waals surface area contributed by atoms with Gasteiger partial charge in [-0.1, -0.05) is 77.9 Å². The topological polar surface area (TPSA) is 57.5 Å². The third kappa shape index (κ3) is 5.59. The number of aliphatic carboxylic acids is 1. The Morgan fingerprint density at radius 1 is 1.07 bits per heavy atom. The van der Waals surface area contributed by atoms with Gasteiger partial charge in [0, 0.05) is 5.57 Å². The van der Waals surface area contributed by atoms with Gasteiger partial charge in [-0.3, -0.25) is 0 Å². The van der Waals surface area contributed by atoms with Crippen molar-refractivity contribution in [3.05, 3.63) is 34.6 Å². The van der Waals surface area contributed by atoms with E-state index in [2.05, 4.69) is 33.8 Å². The number of carboxylic acid groups (broad SMARTS) is 1. The summed E-state index contributed by atoms with van der Waals surface area (Å²) in [6.45, 7) is 8.81. The number of aliphatic hydroxyl groups excluding tert-OH is 1. The van der Waals surface area contributed by atoms with E-state index in [9.17, 15) is 15.0 Å². The number of carboxylic acids is 1. The predicted octanol–water partition coefficient (Wildman–Crippen LogP) is 8.13. The molecule has 0 saturated heterocycles. The Labute approximate surface area is 184 Å². The molecule has 0 aromatic carbocycles. The third-order valence-electron chi connectivity index (χ3n) is 7.49. The first-order valence-corrected chi connectivity index (χ1v) is 12.4. The first kappa shape index (κ1) is 24.8. The highest BCUT2D eigenvalue weighted by Gasteiger charge is 2.48. The second-order valence-electron chi connectivity index (χ2n) is 9.70. The zero-order valence-electron chi connectivity index (χ0n) is 19.8. The number of carbonyl (C=O) groups is 1. The van der Waals surface area contributed by atoms with E-state index in [0.717, 1.165) is 50.5 Å². The van der Waals surface area contributed by atoms with Crippen LogP contribution in [-0.2, 0) is 4.79 Å². The second kappa shape index (κ2) is 11.8. The van der Waals surface area contributed by atoms with Crippen molar-refractivity contribution >= 4 is 5.97 Å². The number of rotatable bonds is 12. The molecular weight excluding hydrogens is 372 g/mol. The van der Waals surface area contributed by atoms with Crippen LogP contribution in [0.4, 0.5) is 0 Å². The van der Waals surface area contributed by atoms with Crippen molar-refractivity contribution in [2.75, 3.05) is 0 Å². The first-order valence-electron chi connectivity index (χ1n) is 12.4. The number of hydrogen-bond donors (Lipinski definition) is 2. The molecule has 0 fully saturated rings. The number of aliphatic hydroxyl groups is 1. The van der Waals surface area contributed by atoms with E-state index >= 15 is 0 Å². The Balaban J connectivity index is 2.52. The van der Waals surface area contributed by atoms with E-state index in [0.29, 0.717) is 17.8 Å². The van der Waals surface area contributed by atoms with Gasteiger partial charge in [0.15, 0.2) is 0 Å². The molecule has 0 amide bonds. The van der Waals surface area contributed by atoms with Crippen molar-refractivity contribution in [3.63, 3.8) is 0 Å². The minimum Gasteiger partial charge on any atom is -0.511 e. The normalized spacial score (nSPS) is 24.3. The molecular formula is C27H44O3. The Kier molecular flexibility index (Phi) is 9.71. The molecule has 170 valence electrons. The van der Waals surface area contributed by atoms with Gasteiger partial charge in [-0.2, -0.15) is 0 Å². The van der Waals surface area contributed by atoms with E-state index in [-0.39, 0.29) is 11.8 Å². The maximum absolute atomic E-state index is 12.2. The molecule has 0 spiro atoms. The van der Waals surface area contributed by atoms with Crippen LogP contribution in [0.3, 0.4) is 0 Å². The Hall–Kier alpha value is -1.51. The molecule has 0 aliphatic heterocycles. The monoisotopic (exact) mass is 416 g/mol. The van der Waals surface area contributed by atoms with Crippen molar-refractivity contribution in [3.8, 4) is 0 Å². The molecule has 0 heterocycles. The molecule has 3 nitrogen and oxygen atoms in total. The largest absolute Gasteiger partial charge is 0.511 e. The smallest absolute Gasteiger partial charge is 0.331 e. The second-order valence-corrected chi connectivity index (χ2v) is 9.70. The average molecular weight is 417 g/mol. The predicted molar refractivity (Wildman–Crippen MR) is 126 cm³/mol. The molecule has 2 N–H and O–H groups in total. The van der Waals surface area contributed by atoms with E-state index in [1.54, 1.807) is 6.08 Å². The van der Waals surface area contributed by atoms with E-state index in [1.807, 2.05) is 0 Å². The summed E-state index contributed by atoms with van der Waals surface area (Å²) in [6, 6.07) is 0. The molecule has 2 aliphatic rings. The summed E-state index contributed by atoms with van der Waals surface area (Å²) in [6.07, 6.45) is 17.9. The zero-order valence-corrected chi connectivity index (χ0v) is 19.8. The van der Waals surface area contributed by atoms with Crippen molar-refractivity contribution in [2.45, 2.75) is 111 Å². The van der Waals surface area contributed by atoms with Crippen LogP contribution in [0.1, 0.15) is 111 Å². The molecule has 30 heavy (non-hydrogen) atoms. The number of allylic oxidation sites excluding steroid dienone is 4. The third-order valence-corrected chi connectivity index (χ3v) is 7.49. The van der Waals surface area contributed by atoms with Gasteiger partial charge < -0.3 is 10.2 Å². The molecule has 0 radical (unpaired) electrons. The summed E-state index contributed by atoms with van der Waals surface area (Å²) in [5, 5.41) is 21.8. The van der Waals surface area contributed by atoms with Crippen LogP contribution in [0.25, 0.3) is 0 Å². The van der Waals surface area contributed by atoms with Gasteiger partial charge >= 0.3 is 5.97 Å². The van der Waals surface area contributed by atoms with Crippen molar-refractivity contribution in [2.24, 2.45) is 17.3 Å². The summed E-state index contributed by atoms with van der Waals surface area (Å²) >= 11 is 0. The van der Waals surface area contributed by atoms with Crippen LogP contribution in [0.5, 0.6) is 0 Å². The molecule has 0 aromatic rings. The molecule has 0 saturated carbocycles. The van der Waals surface area contributed by atoms with Gasteiger partial charge in [0.25, 0.3) is 0 Å². The Bertz CT molecular complexity index is 670. The molecule has 2 aliphatic carbocycles. The lowest BCUT2D eigenvalue weighted by Crippen LogP contribution is -2.39. The van der Waals surface area contributed by atoms with Gasteiger partial charge in [0.05, 0.1) is 5.41 Å². The Morgan fingerprint density at radius 2 is 1.73 bits per heavy atom.